The summed E-state index contributed by atoms with van der Waals surface area (Å²) in [7, 11) is 0. The zero-order chi connectivity index (χ0) is 17.7. The number of para-hydroxylation sites is 1. The Morgan fingerprint density at radius 2 is 2.00 bits per heavy atom. The van der Waals surface area contributed by atoms with Crippen LogP contribution in [0.1, 0.15) is 11.1 Å². The van der Waals surface area contributed by atoms with Gasteiger partial charge in [-0.2, -0.15) is 5.26 Å². The van der Waals surface area contributed by atoms with Gasteiger partial charge in [0, 0.05) is 16.8 Å². The second kappa shape index (κ2) is 7.40. The first kappa shape index (κ1) is 17.2. The van der Waals surface area contributed by atoms with Crippen LogP contribution in [0.15, 0.2) is 48.0 Å². The van der Waals surface area contributed by atoms with Crippen LogP contribution in [0.25, 0.3) is 6.08 Å². The lowest BCUT2D eigenvalue weighted by Crippen LogP contribution is -2.14. The van der Waals surface area contributed by atoms with Gasteiger partial charge in [0.2, 0.25) is 0 Å². The van der Waals surface area contributed by atoms with Crippen molar-refractivity contribution in [1.82, 2.24) is 0 Å². The van der Waals surface area contributed by atoms with Crippen LogP contribution < -0.4 is 5.32 Å². The van der Waals surface area contributed by atoms with E-state index < -0.39 is 10.8 Å². The van der Waals surface area contributed by atoms with Crippen LogP contribution >= 0.6 is 11.6 Å². The van der Waals surface area contributed by atoms with E-state index >= 15 is 0 Å². The summed E-state index contributed by atoms with van der Waals surface area (Å²) in [6.45, 7) is 1.73. The van der Waals surface area contributed by atoms with E-state index in [-0.39, 0.29) is 16.8 Å². The number of nitriles is 1. The highest BCUT2D eigenvalue weighted by Gasteiger charge is 2.16. The number of carbonyl (C=O) groups is 1. The molecule has 1 N–H and O–H groups in total. The largest absolute Gasteiger partial charge is 0.321 e. The zero-order valence-corrected chi connectivity index (χ0v) is 13.4. The minimum absolute atomic E-state index is 0.178. The molecule has 0 radical (unpaired) electrons. The Balaban J connectivity index is 2.35. The maximum atomic E-state index is 12.3. The molecular weight excluding hydrogens is 330 g/mol. The molecule has 0 aromatic heterocycles. The summed E-state index contributed by atoms with van der Waals surface area (Å²) in [5.74, 6) is -0.666. The van der Waals surface area contributed by atoms with Crippen molar-refractivity contribution in [1.29, 1.82) is 5.26 Å². The van der Waals surface area contributed by atoms with Gasteiger partial charge in [0.05, 0.1) is 10.5 Å². The number of benzene rings is 2. The maximum Gasteiger partial charge on any atom is 0.276 e. The molecule has 0 saturated heterocycles. The third-order valence-corrected chi connectivity index (χ3v) is 3.72. The van der Waals surface area contributed by atoms with E-state index in [0.717, 1.165) is 0 Å². The molecule has 2 aromatic carbocycles. The Labute approximate surface area is 143 Å². The molecule has 24 heavy (non-hydrogen) atoms. The molecule has 1 amide bonds. The lowest BCUT2D eigenvalue weighted by atomic mass is 10.1. The fourth-order valence-corrected chi connectivity index (χ4v) is 2.19. The molecule has 0 bridgehead atoms. The smallest absolute Gasteiger partial charge is 0.276 e. The van der Waals surface area contributed by atoms with Gasteiger partial charge in [-0.15, -0.1) is 0 Å². The fraction of sp³-hybridized carbons (Fsp3) is 0.0588. The molecule has 0 atom stereocenters. The SMILES string of the molecule is Cc1c(Cl)cccc1NC(=O)C(C#N)=Cc1ccccc1[N+](=O)[O-]. The molecule has 6 nitrogen and oxygen atoms in total. The molecule has 0 aliphatic rings. The van der Waals surface area contributed by atoms with E-state index in [4.69, 9.17) is 11.6 Å². The number of nitrogens with one attached hydrogen (secondary N) is 1. The van der Waals surface area contributed by atoms with Crippen molar-refractivity contribution in [2.45, 2.75) is 6.92 Å². The molecule has 0 fully saturated rings. The topological polar surface area (TPSA) is 96.0 Å². The molecule has 0 spiro atoms. The Morgan fingerprint density at radius 1 is 1.29 bits per heavy atom. The lowest BCUT2D eigenvalue weighted by Gasteiger charge is -2.08. The van der Waals surface area contributed by atoms with Crippen LogP contribution in [0.5, 0.6) is 0 Å². The van der Waals surface area contributed by atoms with Crippen LogP contribution in [0.4, 0.5) is 11.4 Å². The number of hydrogen-bond acceptors (Lipinski definition) is 4. The van der Waals surface area contributed by atoms with E-state index in [1.807, 2.05) is 0 Å². The van der Waals surface area contributed by atoms with E-state index in [1.54, 1.807) is 37.3 Å². The minimum atomic E-state index is -0.666. The number of nitrogens with zero attached hydrogens (tertiary/aromatic N) is 2. The Kier molecular flexibility index (Phi) is 5.30. The Hall–Kier alpha value is -3.17. The van der Waals surface area contributed by atoms with Crippen molar-refractivity contribution in [2.24, 2.45) is 0 Å². The van der Waals surface area contributed by atoms with Crippen molar-refractivity contribution in [3.05, 3.63) is 74.3 Å². The molecule has 0 aliphatic heterocycles. The van der Waals surface area contributed by atoms with Crippen molar-refractivity contribution in [3.8, 4) is 6.07 Å². The lowest BCUT2D eigenvalue weighted by molar-refractivity contribution is -0.385. The highest BCUT2D eigenvalue weighted by molar-refractivity contribution is 6.31. The van der Waals surface area contributed by atoms with Gasteiger partial charge in [-0.1, -0.05) is 29.8 Å². The van der Waals surface area contributed by atoms with Gasteiger partial charge >= 0.3 is 0 Å². The summed E-state index contributed by atoms with van der Waals surface area (Å²) in [4.78, 5) is 22.7. The van der Waals surface area contributed by atoms with Crippen LogP contribution in [-0.2, 0) is 4.79 Å². The number of halogens is 1. The normalized spacial score (nSPS) is 10.8. The van der Waals surface area contributed by atoms with Crippen LogP contribution in [0, 0.1) is 28.4 Å². The third kappa shape index (κ3) is 3.77. The highest BCUT2D eigenvalue weighted by Crippen LogP contribution is 2.24. The van der Waals surface area contributed by atoms with E-state index in [9.17, 15) is 20.2 Å². The van der Waals surface area contributed by atoms with Crippen molar-refractivity contribution >= 4 is 35.0 Å². The number of carbonyl (C=O) groups excluding carboxylic acids is 1. The second-order valence-corrected chi connectivity index (χ2v) is 5.26. The standard InChI is InChI=1S/C17H12ClN3O3/c1-11-14(18)6-4-7-15(11)20-17(22)13(10-19)9-12-5-2-3-8-16(12)21(23)24/h2-9H,1H3,(H,20,22). The molecule has 2 aromatic rings. The quantitative estimate of drug-likeness (QED) is 0.392. The average molecular weight is 342 g/mol. The minimum Gasteiger partial charge on any atom is -0.321 e. The van der Waals surface area contributed by atoms with Gasteiger partial charge in [0.25, 0.3) is 11.6 Å². The first-order valence-corrected chi connectivity index (χ1v) is 7.23. The highest BCUT2D eigenvalue weighted by atomic mass is 35.5. The van der Waals surface area contributed by atoms with Crippen LogP contribution in [-0.4, -0.2) is 10.8 Å². The fourth-order valence-electron chi connectivity index (χ4n) is 2.01. The monoisotopic (exact) mass is 341 g/mol. The molecule has 7 heteroatoms. The number of anilines is 1. The summed E-state index contributed by atoms with van der Waals surface area (Å²) in [5, 5.41) is 23.3. The zero-order valence-electron chi connectivity index (χ0n) is 12.6. The molecule has 0 saturated carbocycles. The third-order valence-electron chi connectivity index (χ3n) is 3.31. The predicted octanol–water partition coefficient (Wildman–Crippen LogP) is 4.10. The van der Waals surface area contributed by atoms with Gasteiger partial charge in [-0.05, 0) is 36.8 Å². The molecule has 0 unspecified atom stereocenters. The van der Waals surface area contributed by atoms with Crippen molar-refractivity contribution in [3.63, 3.8) is 0 Å². The van der Waals surface area contributed by atoms with Gasteiger partial charge < -0.3 is 5.32 Å². The number of rotatable bonds is 4. The van der Waals surface area contributed by atoms with E-state index in [2.05, 4.69) is 5.32 Å². The maximum absolute atomic E-state index is 12.3. The summed E-state index contributed by atoms with van der Waals surface area (Å²) in [5.41, 5.74) is 0.879. The molecule has 0 heterocycles. The molecular formula is C17H12ClN3O3. The molecule has 2 rings (SSSR count). The first-order chi connectivity index (χ1) is 11.4. The van der Waals surface area contributed by atoms with Gasteiger partial charge in [-0.3, -0.25) is 14.9 Å². The van der Waals surface area contributed by atoms with E-state index in [0.29, 0.717) is 16.3 Å². The van der Waals surface area contributed by atoms with Gasteiger partial charge in [-0.25, -0.2) is 0 Å². The second-order valence-electron chi connectivity index (χ2n) is 4.85. The number of amides is 1. The number of nitro groups is 1. The number of nitro benzene ring substituents is 1. The Bertz CT molecular complexity index is 885. The average Bonchev–Trinajstić information content (AvgIpc) is 2.56. The predicted molar refractivity (Wildman–Crippen MR) is 91.5 cm³/mol. The number of hydrogen-bond donors (Lipinski definition) is 1. The molecule has 0 aliphatic carbocycles. The summed E-state index contributed by atoms with van der Waals surface area (Å²) in [6.07, 6.45) is 1.19. The summed E-state index contributed by atoms with van der Waals surface area (Å²) < 4.78 is 0. The van der Waals surface area contributed by atoms with Crippen LogP contribution in [0.2, 0.25) is 5.02 Å². The van der Waals surface area contributed by atoms with E-state index in [1.165, 1.54) is 24.3 Å². The summed E-state index contributed by atoms with van der Waals surface area (Å²) >= 11 is 5.99. The van der Waals surface area contributed by atoms with Gasteiger partial charge in [0.15, 0.2) is 0 Å². The Morgan fingerprint density at radius 3 is 2.67 bits per heavy atom. The first-order valence-electron chi connectivity index (χ1n) is 6.85. The molecule has 120 valence electrons. The van der Waals surface area contributed by atoms with Crippen molar-refractivity contribution < 1.29 is 9.72 Å². The van der Waals surface area contributed by atoms with Crippen LogP contribution in [0.3, 0.4) is 0 Å². The summed E-state index contributed by atoms with van der Waals surface area (Å²) in [6, 6.07) is 12.6. The van der Waals surface area contributed by atoms with Gasteiger partial charge in [0.1, 0.15) is 11.6 Å². The van der Waals surface area contributed by atoms with Crippen molar-refractivity contribution in [2.75, 3.05) is 5.32 Å².